The molecule has 0 bridgehead atoms. The van der Waals surface area contributed by atoms with Gasteiger partial charge in [0.1, 0.15) is 5.82 Å². The minimum absolute atomic E-state index is 0. The largest absolute Gasteiger partial charge is 0.510 e. The van der Waals surface area contributed by atoms with Gasteiger partial charge in [0.15, 0.2) is 0 Å². The number of rotatable bonds is 9. The topological polar surface area (TPSA) is 35.9 Å². The first-order chi connectivity index (χ1) is 42.8. The average molecular weight is 1220 g/mol. The number of benzene rings is 9. The molecule has 0 N–H and O–H groups in total. The quantitative estimate of drug-likeness (QED) is 0.107. The Balaban J connectivity index is 0.00000867. The van der Waals surface area contributed by atoms with Gasteiger partial charge in [0, 0.05) is 54.0 Å². The standard InChI is InChI=1S/C73H64N4O.Pt/c1-48-39-69(74-46-64(48)51-23-15-12-16-24-51)77-65-30-18-17-27-62(65)63-37-36-59(45-67(63)77)78-58-26-19-25-57(44-58)75-47-76(66-38-33-52(42-68(66)75)49-31-34-54(35-32-49)71(2,3)4)70-60(50-21-13-11-14-22-50)28-20-29-61(70)53-40-55(72(5,6)7)43-56(41-53)73(8,9)10;/h11-43,46H,1-10H3;/q-2;/i1D3,11D,12D,13D,14D,15D,16D,21D,22D,23D,24D;. The molecule has 0 spiro atoms. The summed E-state index contributed by atoms with van der Waals surface area (Å²) in [5.41, 5.74) is 9.63. The molecule has 12 rings (SSSR count). The SMILES string of the molecule is [2H]c1c([2H])c([2H])c(-c2cnc(-n3c4[c-]c(Oc5[c-]c(-n6[c-][n+](-c7c(-c8cc(C(C)(C)C)cc(C(C)(C)C)c8)cccc7-c7c([2H])c([2H])c([2H])c([2H])c7[2H])c7ccc(-c8ccc(C(C)(C)C)cc8)cc76)ccc5)ccc4c4ccccc43)cc2C([2H])([2H])[2H])c([2H])c1[2H].[Pt]. The van der Waals surface area contributed by atoms with Crippen LogP contribution in [-0.4, -0.2) is 14.1 Å². The van der Waals surface area contributed by atoms with Crippen molar-refractivity contribution in [1.82, 2.24) is 14.1 Å². The number of hydrogen-bond acceptors (Lipinski definition) is 2. The fraction of sp³-hybridized carbons (Fsp3) is 0.178. The molecule has 0 unspecified atom stereocenters. The number of pyridine rings is 1. The molecule has 0 aliphatic rings. The van der Waals surface area contributed by atoms with E-state index in [0.717, 1.165) is 44.2 Å². The maximum absolute atomic E-state index is 9.39. The molecule has 3 aromatic heterocycles. The zero-order valence-corrected chi connectivity index (χ0v) is 47.6. The molecule has 0 saturated heterocycles. The summed E-state index contributed by atoms with van der Waals surface area (Å²) in [6.07, 6.45) is 4.95. The molecule has 5 nitrogen and oxygen atoms in total. The van der Waals surface area contributed by atoms with Crippen LogP contribution in [0.5, 0.6) is 11.5 Å². The van der Waals surface area contributed by atoms with Crippen molar-refractivity contribution in [3.05, 3.63) is 247 Å². The molecule has 0 amide bonds. The Kier molecular flexibility index (Phi) is 10.2. The first-order valence-corrected chi connectivity index (χ1v) is 26.0. The van der Waals surface area contributed by atoms with Gasteiger partial charge in [0.2, 0.25) is 0 Å². The summed E-state index contributed by atoms with van der Waals surface area (Å²) in [5, 5.41) is 1.55. The zero-order chi connectivity index (χ0) is 65.3. The van der Waals surface area contributed by atoms with E-state index in [1.807, 2.05) is 69.8 Å². The van der Waals surface area contributed by atoms with Gasteiger partial charge in [0.05, 0.1) is 30.4 Å². The molecule has 0 atom stereocenters. The van der Waals surface area contributed by atoms with Crippen molar-refractivity contribution in [2.24, 2.45) is 0 Å². The number of aromatic nitrogens is 4. The molecule has 6 heteroatoms. The Morgan fingerprint density at radius 3 is 1.81 bits per heavy atom. The van der Waals surface area contributed by atoms with Crippen LogP contribution in [0.15, 0.2) is 206 Å². The van der Waals surface area contributed by atoms with Crippen LogP contribution in [0, 0.1) is 25.3 Å². The molecule has 79 heavy (non-hydrogen) atoms. The maximum atomic E-state index is 9.39. The Morgan fingerprint density at radius 1 is 0.519 bits per heavy atom. The molecule has 0 fully saturated rings. The summed E-state index contributed by atoms with van der Waals surface area (Å²) < 4.78 is 126. The van der Waals surface area contributed by atoms with E-state index in [9.17, 15) is 2.74 Å². The van der Waals surface area contributed by atoms with Crippen LogP contribution in [-0.2, 0) is 37.3 Å². The molecule has 394 valence electrons. The second-order valence-electron chi connectivity index (χ2n) is 22.8. The van der Waals surface area contributed by atoms with E-state index in [4.69, 9.17) is 24.8 Å². The molecular formula is C73H64N4OPt-2. The van der Waals surface area contributed by atoms with E-state index in [1.165, 1.54) is 17.8 Å². The van der Waals surface area contributed by atoms with Gasteiger partial charge < -0.3 is 13.9 Å². The number of imidazole rings is 1. The van der Waals surface area contributed by atoms with E-state index in [1.54, 1.807) is 22.8 Å². The van der Waals surface area contributed by atoms with Crippen LogP contribution in [0.25, 0.3) is 94.5 Å². The molecule has 3 heterocycles. The summed E-state index contributed by atoms with van der Waals surface area (Å²) in [6.45, 7) is 16.8. The van der Waals surface area contributed by atoms with Gasteiger partial charge in [-0.15, -0.1) is 29.7 Å². The van der Waals surface area contributed by atoms with E-state index in [-0.39, 0.29) is 83.2 Å². The monoisotopic (exact) mass is 1220 g/mol. The van der Waals surface area contributed by atoms with Gasteiger partial charge in [-0.3, -0.25) is 4.57 Å². The van der Waals surface area contributed by atoms with Gasteiger partial charge >= 0.3 is 0 Å². The van der Waals surface area contributed by atoms with Crippen molar-refractivity contribution in [1.29, 1.82) is 0 Å². The molecule has 0 aliphatic heterocycles. The van der Waals surface area contributed by atoms with E-state index in [0.29, 0.717) is 44.8 Å². The van der Waals surface area contributed by atoms with Crippen LogP contribution in [0.1, 0.15) is 102 Å². The summed E-state index contributed by atoms with van der Waals surface area (Å²) in [5.74, 6) is 0.751. The average Bonchev–Trinajstić information content (AvgIpc) is 1.39. The predicted molar refractivity (Wildman–Crippen MR) is 323 cm³/mol. The number of fused-ring (bicyclic) bond motifs is 4. The van der Waals surface area contributed by atoms with Crippen LogP contribution in [0.4, 0.5) is 0 Å². The minimum atomic E-state index is -2.81. The van der Waals surface area contributed by atoms with Crippen LogP contribution >= 0.6 is 0 Å². The number of para-hydroxylation sites is 2. The molecule has 9 aromatic carbocycles. The van der Waals surface area contributed by atoms with Crippen LogP contribution in [0.2, 0.25) is 0 Å². The third kappa shape index (κ3) is 10.2. The predicted octanol–water partition coefficient (Wildman–Crippen LogP) is 18.5. The van der Waals surface area contributed by atoms with Crippen molar-refractivity contribution in [2.75, 3.05) is 0 Å². The minimum Gasteiger partial charge on any atom is -0.510 e. The van der Waals surface area contributed by atoms with Gasteiger partial charge in [-0.2, -0.15) is 18.2 Å². The summed E-state index contributed by atoms with van der Waals surface area (Å²) in [7, 11) is 0. The number of aryl methyl sites for hydroxylation is 1. The van der Waals surface area contributed by atoms with Crippen molar-refractivity contribution < 1.29 is 48.2 Å². The first-order valence-electron chi connectivity index (χ1n) is 32.5. The Labute approximate surface area is 498 Å². The zero-order valence-electron chi connectivity index (χ0n) is 58.4. The molecular weight excluding hydrogens is 1140 g/mol. The third-order valence-electron chi connectivity index (χ3n) is 14.4. The van der Waals surface area contributed by atoms with Gasteiger partial charge in [-0.25, -0.2) is 4.98 Å². The summed E-state index contributed by atoms with van der Waals surface area (Å²) in [4.78, 5) is 4.73. The fourth-order valence-electron chi connectivity index (χ4n) is 10.1. The summed E-state index contributed by atoms with van der Waals surface area (Å²) >= 11 is 0. The first kappa shape index (κ1) is 39.3. The fourth-order valence-corrected chi connectivity index (χ4v) is 10.1. The second-order valence-corrected chi connectivity index (χ2v) is 22.8. The second kappa shape index (κ2) is 20.6. The Bertz CT molecular complexity index is 4880. The Hall–Kier alpha value is -8.11. The van der Waals surface area contributed by atoms with Crippen LogP contribution in [0.3, 0.4) is 0 Å². The van der Waals surface area contributed by atoms with Gasteiger partial charge in [-0.05, 0) is 114 Å². The normalized spacial score (nSPS) is 14.6. The number of nitrogens with zero attached hydrogens (tertiary/aromatic N) is 4. The Morgan fingerprint density at radius 2 is 1.14 bits per heavy atom. The van der Waals surface area contributed by atoms with E-state index in [2.05, 4.69) is 135 Å². The van der Waals surface area contributed by atoms with Crippen molar-refractivity contribution in [3.8, 4) is 73.2 Å². The summed E-state index contributed by atoms with van der Waals surface area (Å²) in [6, 6.07) is 47.0. The number of hydrogen-bond donors (Lipinski definition) is 0. The third-order valence-corrected chi connectivity index (χ3v) is 14.4. The van der Waals surface area contributed by atoms with Crippen molar-refractivity contribution >= 4 is 32.8 Å². The van der Waals surface area contributed by atoms with E-state index >= 15 is 0 Å². The molecule has 12 aromatic rings. The molecule has 0 saturated carbocycles. The van der Waals surface area contributed by atoms with Crippen molar-refractivity contribution in [3.63, 3.8) is 0 Å². The van der Waals surface area contributed by atoms with Crippen molar-refractivity contribution in [2.45, 2.75) is 85.4 Å². The van der Waals surface area contributed by atoms with E-state index < -0.39 is 55.2 Å². The van der Waals surface area contributed by atoms with Gasteiger partial charge in [-0.1, -0.05) is 219 Å². The molecule has 0 aliphatic carbocycles. The maximum Gasteiger partial charge on any atom is 0.268 e. The smallest absolute Gasteiger partial charge is 0.268 e. The number of ether oxygens (including phenoxy) is 1. The van der Waals surface area contributed by atoms with Crippen LogP contribution < -0.4 is 9.30 Å². The molecule has 0 radical (unpaired) electrons. The van der Waals surface area contributed by atoms with Gasteiger partial charge in [0.25, 0.3) is 6.33 Å².